The van der Waals surface area contributed by atoms with Gasteiger partial charge in [0.05, 0.1) is 6.10 Å². The van der Waals surface area contributed by atoms with Gasteiger partial charge >= 0.3 is 0 Å². The van der Waals surface area contributed by atoms with Gasteiger partial charge in [-0.1, -0.05) is 24.3 Å². The molecule has 1 heteroatoms. The van der Waals surface area contributed by atoms with Crippen molar-refractivity contribution >= 4 is 0 Å². The van der Waals surface area contributed by atoms with E-state index in [-0.39, 0.29) is 0 Å². The van der Waals surface area contributed by atoms with Gasteiger partial charge in [0, 0.05) is 5.92 Å². The van der Waals surface area contributed by atoms with E-state index in [1.807, 2.05) is 12.2 Å². The summed E-state index contributed by atoms with van der Waals surface area (Å²) in [6.45, 7) is 7.55. The van der Waals surface area contributed by atoms with Crippen LogP contribution in [0.15, 0.2) is 37.5 Å². The van der Waals surface area contributed by atoms with Crippen molar-refractivity contribution in [3.8, 4) is 0 Å². The van der Waals surface area contributed by atoms with Gasteiger partial charge in [0.15, 0.2) is 0 Å². The topological polar surface area (TPSA) is 12.5 Å². The molecule has 12 heavy (non-hydrogen) atoms. The molecule has 0 aromatic rings. The van der Waals surface area contributed by atoms with Crippen LogP contribution in [0.4, 0.5) is 0 Å². The molecule has 1 fully saturated rings. The van der Waals surface area contributed by atoms with Crippen LogP contribution in [0.1, 0.15) is 6.42 Å². The fourth-order valence-electron chi connectivity index (χ4n) is 1.93. The molecule has 1 saturated heterocycles. The molecule has 0 amide bonds. The Morgan fingerprint density at radius 2 is 2.17 bits per heavy atom. The van der Waals surface area contributed by atoms with Crippen molar-refractivity contribution in [2.24, 2.45) is 11.8 Å². The first-order valence-electron chi connectivity index (χ1n) is 4.44. The first kappa shape index (κ1) is 7.81. The predicted octanol–water partition coefficient (Wildman–Crippen LogP) is 2.32. The van der Waals surface area contributed by atoms with E-state index in [9.17, 15) is 0 Å². The molecule has 2 rings (SSSR count). The Morgan fingerprint density at radius 1 is 1.33 bits per heavy atom. The summed E-state index contributed by atoms with van der Waals surface area (Å²) in [7, 11) is 0. The fourth-order valence-corrected chi connectivity index (χ4v) is 1.93. The smallest absolute Gasteiger partial charge is 0.103 e. The zero-order valence-corrected chi connectivity index (χ0v) is 7.15. The molecule has 2 unspecified atom stereocenters. The summed E-state index contributed by atoms with van der Waals surface area (Å²) in [5, 5.41) is 0. The highest BCUT2D eigenvalue weighted by Crippen LogP contribution is 2.40. The monoisotopic (exact) mass is 162 g/mol. The van der Waals surface area contributed by atoms with Crippen LogP contribution < -0.4 is 0 Å². The summed E-state index contributed by atoms with van der Waals surface area (Å²) in [4.78, 5) is 0. The average Bonchev–Trinajstić information content (AvgIpc) is 2.74. The van der Waals surface area contributed by atoms with Crippen molar-refractivity contribution in [2.75, 3.05) is 0 Å². The van der Waals surface area contributed by atoms with E-state index >= 15 is 0 Å². The molecule has 0 N–H and O–H groups in total. The molecule has 1 aliphatic heterocycles. The molecule has 0 radical (unpaired) electrons. The zero-order chi connectivity index (χ0) is 8.55. The molecular formula is C11H14O. The van der Waals surface area contributed by atoms with Gasteiger partial charge in [0.25, 0.3) is 0 Å². The summed E-state index contributed by atoms with van der Waals surface area (Å²) in [5.41, 5.74) is 0. The molecule has 64 valence electrons. The molecular weight excluding hydrogens is 148 g/mol. The lowest BCUT2D eigenvalue weighted by molar-refractivity contribution is 0.324. The lowest BCUT2D eigenvalue weighted by Gasteiger charge is -2.11. The lowest BCUT2D eigenvalue weighted by Crippen LogP contribution is -2.13. The minimum absolute atomic E-state index is 0.292. The minimum atomic E-state index is 0.292. The third kappa shape index (κ3) is 1.14. The first-order valence-corrected chi connectivity index (χ1v) is 4.44. The predicted molar refractivity (Wildman–Crippen MR) is 49.8 cm³/mol. The quantitative estimate of drug-likeness (QED) is 0.458. The number of allylic oxidation sites excluding steroid dienone is 2. The van der Waals surface area contributed by atoms with E-state index < -0.39 is 0 Å². The highest BCUT2D eigenvalue weighted by Gasteiger charge is 2.44. The highest BCUT2D eigenvalue weighted by atomic mass is 16.6. The van der Waals surface area contributed by atoms with Crippen molar-refractivity contribution in [1.29, 1.82) is 0 Å². The van der Waals surface area contributed by atoms with Crippen LogP contribution >= 0.6 is 0 Å². The maximum absolute atomic E-state index is 5.47. The normalized spacial score (nSPS) is 44.3. The van der Waals surface area contributed by atoms with E-state index in [0.29, 0.717) is 24.0 Å². The second-order valence-electron chi connectivity index (χ2n) is 3.44. The van der Waals surface area contributed by atoms with Crippen LogP contribution in [0, 0.1) is 11.8 Å². The summed E-state index contributed by atoms with van der Waals surface area (Å²) in [5.74, 6) is 1.13. The Balaban J connectivity index is 1.99. The molecule has 0 spiro atoms. The summed E-state index contributed by atoms with van der Waals surface area (Å²) in [6.07, 6.45) is 10.2. The van der Waals surface area contributed by atoms with Crippen LogP contribution in [0.2, 0.25) is 0 Å². The number of rotatable bonds is 3. The second-order valence-corrected chi connectivity index (χ2v) is 3.44. The molecule has 1 nitrogen and oxygen atoms in total. The first-order chi connectivity index (χ1) is 5.86. The van der Waals surface area contributed by atoms with Crippen LogP contribution in [-0.2, 0) is 4.74 Å². The third-order valence-corrected chi connectivity index (χ3v) is 2.74. The molecule has 0 aromatic heterocycles. The van der Waals surface area contributed by atoms with Crippen LogP contribution in [0.3, 0.4) is 0 Å². The summed E-state index contributed by atoms with van der Waals surface area (Å²) >= 11 is 0. The Hall–Kier alpha value is -0.820. The maximum Gasteiger partial charge on any atom is 0.103 e. The van der Waals surface area contributed by atoms with Crippen molar-refractivity contribution in [2.45, 2.75) is 18.6 Å². The molecule has 1 aliphatic carbocycles. The van der Waals surface area contributed by atoms with Gasteiger partial charge in [-0.15, -0.1) is 13.2 Å². The average molecular weight is 162 g/mol. The third-order valence-electron chi connectivity index (χ3n) is 2.74. The van der Waals surface area contributed by atoms with Gasteiger partial charge in [-0.25, -0.2) is 0 Å². The number of epoxide rings is 1. The van der Waals surface area contributed by atoms with E-state index in [4.69, 9.17) is 4.74 Å². The second kappa shape index (κ2) is 2.91. The van der Waals surface area contributed by atoms with Gasteiger partial charge in [-0.3, -0.25) is 0 Å². The van der Waals surface area contributed by atoms with Crippen LogP contribution in [-0.4, -0.2) is 12.2 Å². The Bertz CT molecular complexity index is 229. The number of ether oxygens (including phenoxy) is 1. The van der Waals surface area contributed by atoms with Crippen molar-refractivity contribution < 1.29 is 4.74 Å². The number of hydrogen-bond acceptors (Lipinski definition) is 1. The molecule has 1 heterocycles. The van der Waals surface area contributed by atoms with Crippen molar-refractivity contribution in [3.05, 3.63) is 37.5 Å². The van der Waals surface area contributed by atoms with Gasteiger partial charge in [-0.05, 0) is 12.3 Å². The van der Waals surface area contributed by atoms with E-state index in [1.165, 1.54) is 0 Å². The Kier molecular flexibility index (Phi) is 1.89. The molecule has 0 bridgehead atoms. The fraction of sp³-hybridized carbons (Fsp3) is 0.455. The molecule has 0 saturated carbocycles. The largest absolute Gasteiger partial charge is 0.365 e. The van der Waals surface area contributed by atoms with Gasteiger partial charge in [0.2, 0.25) is 0 Å². The SMILES string of the molecule is C=CC1OC1[C@H]1C=CC[C@H]1C=C. The summed E-state index contributed by atoms with van der Waals surface area (Å²) < 4.78 is 5.47. The molecule has 0 aromatic carbocycles. The maximum atomic E-state index is 5.47. The van der Waals surface area contributed by atoms with E-state index in [2.05, 4.69) is 25.3 Å². The number of hydrogen-bond donors (Lipinski definition) is 0. The van der Waals surface area contributed by atoms with Gasteiger partial charge in [0.1, 0.15) is 6.10 Å². The standard InChI is InChI=1S/C11H14O/c1-3-8-6-5-7-9(8)11-10(4-2)12-11/h3-5,7-11H,1-2,6H2/t8-,9+,10?,11?/m1/s1. The molecule has 4 atom stereocenters. The van der Waals surface area contributed by atoms with Crippen LogP contribution in [0.25, 0.3) is 0 Å². The van der Waals surface area contributed by atoms with E-state index in [1.54, 1.807) is 0 Å². The zero-order valence-electron chi connectivity index (χ0n) is 7.15. The Morgan fingerprint density at radius 3 is 2.75 bits per heavy atom. The van der Waals surface area contributed by atoms with Crippen LogP contribution in [0.5, 0.6) is 0 Å². The summed E-state index contributed by atoms with van der Waals surface area (Å²) in [6, 6.07) is 0. The highest BCUT2D eigenvalue weighted by molar-refractivity contribution is 5.15. The minimum Gasteiger partial charge on any atom is -0.365 e. The Labute approximate surface area is 73.4 Å². The van der Waals surface area contributed by atoms with E-state index in [0.717, 1.165) is 6.42 Å². The van der Waals surface area contributed by atoms with Gasteiger partial charge < -0.3 is 4.74 Å². The lowest BCUT2D eigenvalue weighted by atomic mass is 9.91. The van der Waals surface area contributed by atoms with Crippen molar-refractivity contribution in [1.82, 2.24) is 0 Å². The molecule has 2 aliphatic rings. The van der Waals surface area contributed by atoms with Crippen molar-refractivity contribution in [3.63, 3.8) is 0 Å². The van der Waals surface area contributed by atoms with Gasteiger partial charge in [-0.2, -0.15) is 0 Å².